The van der Waals surface area contributed by atoms with Gasteiger partial charge in [0.15, 0.2) is 5.96 Å². The summed E-state index contributed by atoms with van der Waals surface area (Å²) in [5.41, 5.74) is 7.03. The standard InChI is InChI=1S/C17H29N3O.HI/c1-14(2)10-12-20-17(18)19-11-4-5-13-21-16-8-6-15(3)7-9-16;/h6-9,14H,4-5,10-13H2,1-3H3,(H3,18,19,20);1H. The van der Waals surface area contributed by atoms with Crippen LogP contribution in [-0.4, -0.2) is 25.7 Å². The lowest BCUT2D eigenvalue weighted by molar-refractivity contribution is 0.308. The number of hydrogen-bond donors (Lipinski definition) is 2. The molecule has 5 heteroatoms. The number of unbranched alkanes of at least 4 members (excludes halogenated alkanes) is 1. The van der Waals surface area contributed by atoms with Crippen LogP contribution < -0.4 is 15.8 Å². The lowest BCUT2D eigenvalue weighted by Crippen LogP contribution is -2.33. The molecule has 0 aliphatic rings. The number of halogens is 1. The molecule has 0 aliphatic carbocycles. The molecule has 4 nitrogen and oxygen atoms in total. The van der Waals surface area contributed by atoms with E-state index in [1.807, 2.05) is 12.1 Å². The zero-order valence-electron chi connectivity index (χ0n) is 14.0. The van der Waals surface area contributed by atoms with Crippen LogP contribution in [0.5, 0.6) is 5.75 Å². The third-order valence-electron chi connectivity index (χ3n) is 3.15. The molecule has 0 amide bonds. The fraction of sp³-hybridized carbons (Fsp3) is 0.588. The van der Waals surface area contributed by atoms with Gasteiger partial charge in [-0.2, -0.15) is 0 Å². The van der Waals surface area contributed by atoms with Gasteiger partial charge in [0.25, 0.3) is 0 Å². The average molecular weight is 419 g/mol. The molecular formula is C17H30IN3O. The van der Waals surface area contributed by atoms with E-state index < -0.39 is 0 Å². The van der Waals surface area contributed by atoms with Crippen LogP contribution in [0.3, 0.4) is 0 Å². The first-order chi connectivity index (χ1) is 10.1. The van der Waals surface area contributed by atoms with Crippen molar-refractivity contribution in [1.82, 2.24) is 5.32 Å². The van der Waals surface area contributed by atoms with E-state index in [0.29, 0.717) is 11.9 Å². The van der Waals surface area contributed by atoms with Gasteiger partial charge in [-0.3, -0.25) is 4.99 Å². The van der Waals surface area contributed by atoms with Gasteiger partial charge in [0, 0.05) is 13.1 Å². The molecule has 0 unspecified atom stereocenters. The minimum atomic E-state index is 0. The summed E-state index contributed by atoms with van der Waals surface area (Å²) in [5.74, 6) is 2.17. The number of nitrogens with one attached hydrogen (secondary N) is 1. The second-order valence-corrected chi connectivity index (χ2v) is 5.74. The predicted octanol–water partition coefficient (Wildman–Crippen LogP) is 3.72. The maximum atomic E-state index is 5.79. The summed E-state index contributed by atoms with van der Waals surface area (Å²) in [6.45, 7) is 8.83. The van der Waals surface area contributed by atoms with Crippen molar-refractivity contribution in [3.8, 4) is 5.75 Å². The number of nitrogens with two attached hydrogens (primary N) is 1. The van der Waals surface area contributed by atoms with E-state index in [9.17, 15) is 0 Å². The minimum Gasteiger partial charge on any atom is -0.494 e. The zero-order valence-corrected chi connectivity index (χ0v) is 16.3. The van der Waals surface area contributed by atoms with Crippen molar-refractivity contribution in [1.29, 1.82) is 0 Å². The summed E-state index contributed by atoms with van der Waals surface area (Å²) in [6, 6.07) is 8.13. The Morgan fingerprint density at radius 2 is 1.91 bits per heavy atom. The molecule has 1 aromatic rings. The summed E-state index contributed by atoms with van der Waals surface area (Å²) in [7, 11) is 0. The second-order valence-electron chi connectivity index (χ2n) is 5.74. The smallest absolute Gasteiger partial charge is 0.188 e. The Kier molecular flexibility index (Phi) is 12.0. The van der Waals surface area contributed by atoms with Gasteiger partial charge >= 0.3 is 0 Å². The highest BCUT2D eigenvalue weighted by molar-refractivity contribution is 14.0. The first-order valence-electron chi connectivity index (χ1n) is 7.81. The summed E-state index contributed by atoms with van der Waals surface area (Å²) in [4.78, 5) is 4.30. The Bertz CT molecular complexity index is 418. The number of rotatable bonds is 9. The molecule has 126 valence electrons. The van der Waals surface area contributed by atoms with Crippen molar-refractivity contribution < 1.29 is 4.74 Å². The van der Waals surface area contributed by atoms with Crippen LogP contribution in [0.1, 0.15) is 38.7 Å². The second kappa shape index (κ2) is 12.6. The van der Waals surface area contributed by atoms with Crippen molar-refractivity contribution in [2.24, 2.45) is 16.6 Å². The van der Waals surface area contributed by atoms with Crippen molar-refractivity contribution in [2.45, 2.75) is 40.0 Å². The maximum Gasteiger partial charge on any atom is 0.188 e. The topological polar surface area (TPSA) is 59.6 Å². The van der Waals surface area contributed by atoms with Gasteiger partial charge in [0.1, 0.15) is 5.75 Å². The number of benzene rings is 1. The summed E-state index contributed by atoms with van der Waals surface area (Å²) < 4.78 is 5.66. The first kappa shape index (κ1) is 21.0. The van der Waals surface area contributed by atoms with E-state index in [1.54, 1.807) is 0 Å². The molecule has 0 saturated heterocycles. The highest BCUT2D eigenvalue weighted by Crippen LogP contribution is 2.11. The summed E-state index contributed by atoms with van der Waals surface area (Å²) >= 11 is 0. The van der Waals surface area contributed by atoms with Crippen molar-refractivity contribution in [2.75, 3.05) is 19.7 Å². The van der Waals surface area contributed by atoms with Gasteiger partial charge in [0.2, 0.25) is 0 Å². The fourth-order valence-electron chi connectivity index (χ4n) is 1.78. The number of nitrogens with zero attached hydrogens (tertiary/aromatic N) is 1. The van der Waals surface area contributed by atoms with Crippen molar-refractivity contribution in [3.05, 3.63) is 29.8 Å². The molecular weight excluding hydrogens is 389 g/mol. The molecule has 0 saturated carbocycles. The molecule has 1 rings (SSSR count). The Morgan fingerprint density at radius 3 is 2.55 bits per heavy atom. The minimum absolute atomic E-state index is 0. The molecule has 22 heavy (non-hydrogen) atoms. The maximum absolute atomic E-state index is 5.79. The van der Waals surface area contributed by atoms with Crippen LogP contribution in [0.4, 0.5) is 0 Å². The Morgan fingerprint density at radius 1 is 1.23 bits per heavy atom. The quantitative estimate of drug-likeness (QED) is 0.278. The molecule has 0 spiro atoms. The van der Waals surface area contributed by atoms with Crippen molar-refractivity contribution in [3.63, 3.8) is 0 Å². The van der Waals surface area contributed by atoms with E-state index in [0.717, 1.165) is 44.7 Å². The van der Waals surface area contributed by atoms with E-state index in [-0.39, 0.29) is 24.0 Å². The normalized spacial score (nSPS) is 11.2. The molecule has 0 radical (unpaired) electrons. The Labute approximate surface area is 151 Å². The van der Waals surface area contributed by atoms with E-state index in [4.69, 9.17) is 10.5 Å². The van der Waals surface area contributed by atoms with Gasteiger partial charge in [-0.15, -0.1) is 24.0 Å². The van der Waals surface area contributed by atoms with Gasteiger partial charge < -0.3 is 15.8 Å². The summed E-state index contributed by atoms with van der Waals surface area (Å²) in [6.07, 6.45) is 3.08. The lowest BCUT2D eigenvalue weighted by atomic mass is 10.1. The van der Waals surface area contributed by atoms with Crippen LogP contribution in [0.2, 0.25) is 0 Å². The molecule has 3 N–H and O–H groups in total. The van der Waals surface area contributed by atoms with Crippen LogP contribution in [0.15, 0.2) is 29.3 Å². The van der Waals surface area contributed by atoms with E-state index >= 15 is 0 Å². The molecule has 0 aliphatic heterocycles. The van der Waals surface area contributed by atoms with Crippen LogP contribution in [-0.2, 0) is 0 Å². The number of aliphatic imine (C=N–C) groups is 1. The molecule has 0 bridgehead atoms. The molecule has 0 atom stereocenters. The Hall–Kier alpha value is -0.980. The monoisotopic (exact) mass is 419 g/mol. The molecule has 0 fully saturated rings. The molecule has 0 aromatic heterocycles. The Balaban J connectivity index is 0.00000441. The SMILES string of the molecule is Cc1ccc(OCCCCN=C(N)NCCC(C)C)cc1.I. The fourth-order valence-corrected chi connectivity index (χ4v) is 1.78. The van der Waals surface area contributed by atoms with Crippen LogP contribution >= 0.6 is 24.0 Å². The predicted molar refractivity (Wildman–Crippen MR) is 105 cm³/mol. The van der Waals surface area contributed by atoms with Crippen LogP contribution in [0.25, 0.3) is 0 Å². The van der Waals surface area contributed by atoms with Crippen LogP contribution in [0, 0.1) is 12.8 Å². The third kappa shape index (κ3) is 10.7. The molecule has 1 aromatic carbocycles. The first-order valence-corrected chi connectivity index (χ1v) is 7.81. The molecule has 0 heterocycles. The number of ether oxygens (including phenoxy) is 1. The lowest BCUT2D eigenvalue weighted by Gasteiger charge is -2.08. The zero-order chi connectivity index (χ0) is 15.5. The van der Waals surface area contributed by atoms with Crippen molar-refractivity contribution >= 4 is 29.9 Å². The third-order valence-corrected chi connectivity index (χ3v) is 3.15. The van der Waals surface area contributed by atoms with Gasteiger partial charge in [0.05, 0.1) is 6.61 Å². The number of aryl methyl sites for hydroxylation is 1. The summed E-state index contributed by atoms with van der Waals surface area (Å²) in [5, 5.41) is 3.13. The average Bonchev–Trinajstić information content (AvgIpc) is 2.44. The van der Waals surface area contributed by atoms with E-state index in [2.05, 4.69) is 43.2 Å². The number of hydrogen-bond acceptors (Lipinski definition) is 2. The number of guanidine groups is 1. The van der Waals surface area contributed by atoms with E-state index in [1.165, 1.54) is 5.56 Å². The van der Waals surface area contributed by atoms with Gasteiger partial charge in [-0.1, -0.05) is 31.5 Å². The highest BCUT2D eigenvalue weighted by atomic mass is 127. The van der Waals surface area contributed by atoms with Gasteiger partial charge in [-0.05, 0) is 44.2 Å². The van der Waals surface area contributed by atoms with Gasteiger partial charge in [-0.25, -0.2) is 0 Å². The largest absolute Gasteiger partial charge is 0.494 e. The highest BCUT2D eigenvalue weighted by Gasteiger charge is 1.96.